The molecule has 1 aliphatic carbocycles. The van der Waals surface area contributed by atoms with E-state index in [1.807, 2.05) is 18.2 Å². The Labute approximate surface area is 114 Å². The SMILES string of the molecule is NCCCCc1cc(Cl)ccc1OCC1CCC1. The van der Waals surface area contributed by atoms with E-state index in [0.717, 1.165) is 49.1 Å². The molecule has 100 valence electrons. The van der Waals surface area contributed by atoms with Gasteiger partial charge < -0.3 is 10.5 Å². The molecule has 0 bridgehead atoms. The van der Waals surface area contributed by atoms with Gasteiger partial charge in [-0.25, -0.2) is 0 Å². The number of hydrogen-bond donors (Lipinski definition) is 1. The Morgan fingerprint density at radius 1 is 1.28 bits per heavy atom. The molecule has 0 aliphatic heterocycles. The molecular weight excluding hydrogens is 246 g/mol. The van der Waals surface area contributed by atoms with Crippen molar-refractivity contribution in [1.82, 2.24) is 0 Å². The minimum atomic E-state index is 0.749. The van der Waals surface area contributed by atoms with Crippen LogP contribution in [-0.4, -0.2) is 13.2 Å². The third kappa shape index (κ3) is 3.89. The fourth-order valence-corrected chi connectivity index (χ4v) is 2.41. The summed E-state index contributed by atoms with van der Waals surface area (Å²) in [6.07, 6.45) is 7.13. The van der Waals surface area contributed by atoms with Crippen molar-refractivity contribution in [3.05, 3.63) is 28.8 Å². The normalized spacial score (nSPS) is 15.4. The highest BCUT2D eigenvalue weighted by Crippen LogP contribution is 2.29. The smallest absolute Gasteiger partial charge is 0.122 e. The molecule has 1 aromatic rings. The second-order valence-electron chi connectivity index (χ2n) is 5.11. The summed E-state index contributed by atoms with van der Waals surface area (Å²) in [6.45, 7) is 1.60. The van der Waals surface area contributed by atoms with Gasteiger partial charge in [-0.2, -0.15) is 0 Å². The van der Waals surface area contributed by atoms with E-state index in [0.29, 0.717) is 0 Å². The largest absolute Gasteiger partial charge is 0.493 e. The monoisotopic (exact) mass is 267 g/mol. The molecule has 1 aliphatic rings. The van der Waals surface area contributed by atoms with Gasteiger partial charge in [0, 0.05) is 5.02 Å². The standard InChI is InChI=1S/C15H22ClNO/c16-14-7-8-15(18-11-12-4-3-5-12)13(10-14)6-1-2-9-17/h7-8,10,12H,1-6,9,11,17H2. The molecule has 0 heterocycles. The maximum Gasteiger partial charge on any atom is 0.122 e. The molecule has 1 aromatic carbocycles. The zero-order valence-corrected chi connectivity index (χ0v) is 11.6. The van der Waals surface area contributed by atoms with E-state index in [1.165, 1.54) is 24.8 Å². The Hall–Kier alpha value is -0.730. The first-order valence-corrected chi connectivity index (χ1v) is 7.28. The summed E-state index contributed by atoms with van der Waals surface area (Å²) >= 11 is 6.05. The molecule has 0 amide bonds. The Balaban J connectivity index is 1.92. The molecule has 2 N–H and O–H groups in total. The molecule has 0 aromatic heterocycles. The van der Waals surface area contributed by atoms with Crippen LogP contribution in [0.2, 0.25) is 5.02 Å². The summed E-state index contributed by atoms with van der Waals surface area (Å²) < 4.78 is 5.94. The van der Waals surface area contributed by atoms with Crippen LogP contribution >= 0.6 is 11.6 Å². The van der Waals surface area contributed by atoms with Crippen molar-refractivity contribution in [3.8, 4) is 5.75 Å². The zero-order valence-electron chi connectivity index (χ0n) is 10.8. The minimum absolute atomic E-state index is 0.749. The number of rotatable bonds is 7. The lowest BCUT2D eigenvalue weighted by molar-refractivity contribution is 0.179. The van der Waals surface area contributed by atoms with Crippen LogP contribution in [0.1, 0.15) is 37.7 Å². The van der Waals surface area contributed by atoms with Crippen LogP contribution in [0.3, 0.4) is 0 Å². The fraction of sp³-hybridized carbons (Fsp3) is 0.600. The number of aryl methyl sites for hydroxylation is 1. The predicted octanol–water partition coefficient (Wildman–Crippen LogP) is 3.80. The Bertz CT molecular complexity index is 377. The molecule has 0 saturated heterocycles. The molecule has 1 saturated carbocycles. The van der Waals surface area contributed by atoms with Crippen LogP contribution in [0.15, 0.2) is 18.2 Å². The molecule has 0 atom stereocenters. The van der Waals surface area contributed by atoms with Crippen molar-refractivity contribution >= 4 is 11.6 Å². The average molecular weight is 268 g/mol. The predicted molar refractivity (Wildman–Crippen MR) is 76.3 cm³/mol. The van der Waals surface area contributed by atoms with Crippen LogP contribution in [0.4, 0.5) is 0 Å². The molecule has 0 spiro atoms. The number of halogens is 1. The van der Waals surface area contributed by atoms with E-state index >= 15 is 0 Å². The third-order valence-corrected chi connectivity index (χ3v) is 3.86. The topological polar surface area (TPSA) is 35.2 Å². The van der Waals surface area contributed by atoms with E-state index in [4.69, 9.17) is 22.1 Å². The van der Waals surface area contributed by atoms with Crippen LogP contribution in [-0.2, 0) is 6.42 Å². The van der Waals surface area contributed by atoms with E-state index in [2.05, 4.69) is 0 Å². The molecular formula is C15H22ClNO. The van der Waals surface area contributed by atoms with Gasteiger partial charge in [0.15, 0.2) is 0 Å². The second kappa shape index (κ2) is 7.01. The molecule has 0 unspecified atom stereocenters. The maximum absolute atomic E-state index is 6.05. The van der Waals surface area contributed by atoms with Crippen molar-refractivity contribution < 1.29 is 4.74 Å². The Kier molecular flexibility index (Phi) is 5.33. The van der Waals surface area contributed by atoms with Gasteiger partial charge in [0.2, 0.25) is 0 Å². The maximum atomic E-state index is 6.05. The Morgan fingerprint density at radius 2 is 2.11 bits per heavy atom. The highest BCUT2D eigenvalue weighted by molar-refractivity contribution is 6.30. The lowest BCUT2D eigenvalue weighted by atomic mass is 9.86. The van der Waals surface area contributed by atoms with Gasteiger partial charge in [0.05, 0.1) is 6.61 Å². The first-order valence-electron chi connectivity index (χ1n) is 6.91. The molecule has 3 heteroatoms. The minimum Gasteiger partial charge on any atom is -0.493 e. The van der Waals surface area contributed by atoms with Gasteiger partial charge in [-0.1, -0.05) is 18.0 Å². The number of unbranched alkanes of at least 4 members (excludes halogenated alkanes) is 1. The Morgan fingerprint density at radius 3 is 2.78 bits per heavy atom. The van der Waals surface area contributed by atoms with E-state index in [1.54, 1.807) is 0 Å². The highest BCUT2D eigenvalue weighted by Gasteiger charge is 2.18. The van der Waals surface area contributed by atoms with Gasteiger partial charge in [-0.15, -0.1) is 0 Å². The quantitative estimate of drug-likeness (QED) is 0.763. The summed E-state index contributed by atoms with van der Waals surface area (Å²) in [7, 11) is 0. The van der Waals surface area contributed by atoms with E-state index in [-0.39, 0.29) is 0 Å². The van der Waals surface area contributed by atoms with Gasteiger partial charge >= 0.3 is 0 Å². The van der Waals surface area contributed by atoms with Crippen LogP contribution in [0, 0.1) is 5.92 Å². The molecule has 1 fully saturated rings. The summed E-state index contributed by atoms with van der Waals surface area (Å²) in [5.74, 6) is 1.76. The zero-order chi connectivity index (χ0) is 12.8. The molecule has 2 rings (SSSR count). The summed E-state index contributed by atoms with van der Waals surface area (Å²) in [5.41, 5.74) is 6.75. The first kappa shape index (κ1) is 13.7. The van der Waals surface area contributed by atoms with Crippen LogP contribution < -0.4 is 10.5 Å². The van der Waals surface area contributed by atoms with Gasteiger partial charge in [-0.05, 0) is 68.3 Å². The van der Waals surface area contributed by atoms with Gasteiger partial charge in [0.25, 0.3) is 0 Å². The summed E-state index contributed by atoms with van der Waals surface area (Å²) in [6, 6.07) is 5.93. The molecule has 2 nitrogen and oxygen atoms in total. The average Bonchev–Trinajstić information content (AvgIpc) is 2.30. The first-order chi connectivity index (χ1) is 8.79. The number of nitrogens with two attached hydrogens (primary N) is 1. The van der Waals surface area contributed by atoms with Crippen molar-refractivity contribution in [2.24, 2.45) is 11.7 Å². The van der Waals surface area contributed by atoms with E-state index < -0.39 is 0 Å². The van der Waals surface area contributed by atoms with Gasteiger partial charge in [0.1, 0.15) is 5.75 Å². The van der Waals surface area contributed by atoms with Crippen LogP contribution in [0.5, 0.6) is 5.75 Å². The summed E-state index contributed by atoms with van der Waals surface area (Å²) in [5, 5.41) is 0.786. The van der Waals surface area contributed by atoms with Crippen molar-refractivity contribution in [1.29, 1.82) is 0 Å². The van der Waals surface area contributed by atoms with Gasteiger partial charge in [-0.3, -0.25) is 0 Å². The molecule has 18 heavy (non-hydrogen) atoms. The van der Waals surface area contributed by atoms with Crippen molar-refractivity contribution in [2.45, 2.75) is 38.5 Å². The van der Waals surface area contributed by atoms with Crippen molar-refractivity contribution in [3.63, 3.8) is 0 Å². The third-order valence-electron chi connectivity index (χ3n) is 3.62. The number of hydrogen-bond acceptors (Lipinski definition) is 2. The van der Waals surface area contributed by atoms with Crippen LogP contribution in [0.25, 0.3) is 0 Å². The number of benzene rings is 1. The highest BCUT2D eigenvalue weighted by atomic mass is 35.5. The van der Waals surface area contributed by atoms with E-state index in [9.17, 15) is 0 Å². The fourth-order valence-electron chi connectivity index (χ4n) is 2.21. The lowest BCUT2D eigenvalue weighted by Gasteiger charge is -2.25. The molecule has 0 radical (unpaired) electrons. The lowest BCUT2D eigenvalue weighted by Crippen LogP contribution is -2.19. The second-order valence-corrected chi connectivity index (χ2v) is 5.54. The summed E-state index contributed by atoms with van der Waals surface area (Å²) in [4.78, 5) is 0. The number of ether oxygens (including phenoxy) is 1. The van der Waals surface area contributed by atoms with Crippen molar-refractivity contribution in [2.75, 3.05) is 13.2 Å².